The van der Waals surface area contributed by atoms with Crippen LogP contribution in [0.15, 0.2) is 10.7 Å². The van der Waals surface area contributed by atoms with E-state index < -0.39 is 13.2 Å². The first-order chi connectivity index (χ1) is 5.93. The summed E-state index contributed by atoms with van der Waals surface area (Å²) in [5, 5.41) is 0. The fourth-order valence-corrected chi connectivity index (χ4v) is 4.51. The highest BCUT2D eigenvalue weighted by Gasteiger charge is 2.41. The molecule has 0 aromatic carbocycles. The van der Waals surface area contributed by atoms with Gasteiger partial charge in [-0.2, -0.15) is 0 Å². The van der Waals surface area contributed by atoms with Crippen molar-refractivity contribution in [3.63, 3.8) is 0 Å². The van der Waals surface area contributed by atoms with E-state index in [0.717, 1.165) is 4.91 Å². The van der Waals surface area contributed by atoms with Crippen molar-refractivity contribution in [3.8, 4) is 0 Å². The molecular weight excluding hydrogens is 207 g/mol. The lowest BCUT2D eigenvalue weighted by Crippen LogP contribution is -2.19. The molecule has 5 heteroatoms. The van der Waals surface area contributed by atoms with Crippen LogP contribution >= 0.6 is 19.4 Å². The van der Waals surface area contributed by atoms with E-state index in [1.165, 1.54) is 0 Å². The average Bonchev–Trinajstić information content (AvgIpc) is 2.21. The molecule has 0 amide bonds. The summed E-state index contributed by atoms with van der Waals surface area (Å²) >= 11 is 1.55. The molecule has 1 aliphatic heterocycles. The largest absolute Gasteiger partial charge is 0.355 e. The van der Waals surface area contributed by atoms with Crippen molar-refractivity contribution >= 4 is 19.4 Å². The Morgan fingerprint density at radius 1 is 1.69 bits per heavy atom. The third kappa shape index (κ3) is 2.38. The lowest BCUT2D eigenvalue weighted by atomic mass is 10.1. The summed E-state index contributed by atoms with van der Waals surface area (Å²) in [7, 11) is -2.95. The first-order valence-electron chi connectivity index (χ1n) is 4.16. The summed E-state index contributed by atoms with van der Waals surface area (Å²) in [6.45, 7) is 6.01. The summed E-state index contributed by atoms with van der Waals surface area (Å²) in [5.74, 6) is 1.63. The van der Waals surface area contributed by atoms with Gasteiger partial charge >= 0.3 is 7.60 Å². The zero-order valence-corrected chi connectivity index (χ0v) is 10.1. The maximum atomic E-state index is 11.9. The highest BCUT2D eigenvalue weighted by molar-refractivity contribution is 8.02. The van der Waals surface area contributed by atoms with E-state index in [-0.39, 0.29) is 0 Å². The van der Waals surface area contributed by atoms with Crippen molar-refractivity contribution in [1.82, 2.24) is 0 Å². The van der Waals surface area contributed by atoms with Gasteiger partial charge in [0, 0.05) is 10.7 Å². The Bertz CT molecular complexity index is 273. The Morgan fingerprint density at radius 2 is 2.31 bits per heavy atom. The summed E-state index contributed by atoms with van der Waals surface area (Å²) < 4.78 is 22.4. The predicted octanol–water partition coefficient (Wildman–Crippen LogP) is 3.23. The summed E-state index contributed by atoms with van der Waals surface area (Å²) in [6, 6.07) is 0. The topological polar surface area (TPSA) is 35.5 Å². The number of hydrogen-bond acceptors (Lipinski definition) is 4. The standard InChI is InChI=1S/C8H15O3PS/c1-5-10-12(9)6-7(13-4)8(2,3)11-12/h6H,5H2,1-4H3. The highest BCUT2D eigenvalue weighted by atomic mass is 32.2. The normalized spacial score (nSPS) is 31.8. The molecule has 1 heterocycles. The molecule has 0 N–H and O–H groups in total. The number of hydrogen-bond donors (Lipinski definition) is 0. The van der Waals surface area contributed by atoms with E-state index in [1.54, 1.807) is 24.5 Å². The molecule has 0 radical (unpaired) electrons. The molecule has 0 saturated heterocycles. The molecule has 1 rings (SSSR count). The van der Waals surface area contributed by atoms with Crippen molar-refractivity contribution in [2.75, 3.05) is 12.9 Å². The minimum Gasteiger partial charge on any atom is -0.306 e. The van der Waals surface area contributed by atoms with Gasteiger partial charge in [-0.3, -0.25) is 9.09 Å². The van der Waals surface area contributed by atoms with Gasteiger partial charge in [0.15, 0.2) is 0 Å². The molecule has 0 saturated carbocycles. The van der Waals surface area contributed by atoms with E-state index in [4.69, 9.17) is 9.05 Å². The molecule has 13 heavy (non-hydrogen) atoms. The van der Waals surface area contributed by atoms with Crippen molar-refractivity contribution in [2.24, 2.45) is 0 Å². The van der Waals surface area contributed by atoms with Gasteiger partial charge < -0.3 is 4.52 Å². The van der Waals surface area contributed by atoms with E-state index in [0.29, 0.717) is 6.61 Å². The van der Waals surface area contributed by atoms with Gasteiger partial charge in [-0.15, -0.1) is 11.8 Å². The second-order valence-electron chi connectivity index (χ2n) is 3.26. The van der Waals surface area contributed by atoms with Gasteiger partial charge in [0.2, 0.25) is 0 Å². The smallest absolute Gasteiger partial charge is 0.306 e. The highest BCUT2D eigenvalue weighted by Crippen LogP contribution is 2.62. The Morgan fingerprint density at radius 3 is 2.69 bits per heavy atom. The molecule has 0 aliphatic carbocycles. The van der Waals surface area contributed by atoms with Crippen molar-refractivity contribution in [2.45, 2.75) is 26.4 Å². The van der Waals surface area contributed by atoms with Gasteiger partial charge in [-0.05, 0) is 27.0 Å². The van der Waals surface area contributed by atoms with Crippen LogP contribution in [-0.4, -0.2) is 18.5 Å². The second-order valence-corrected chi connectivity index (χ2v) is 5.88. The van der Waals surface area contributed by atoms with E-state index in [2.05, 4.69) is 0 Å². The monoisotopic (exact) mass is 222 g/mol. The predicted molar refractivity (Wildman–Crippen MR) is 56.0 cm³/mol. The summed E-state index contributed by atoms with van der Waals surface area (Å²) in [4.78, 5) is 0.976. The van der Waals surface area contributed by atoms with E-state index in [9.17, 15) is 4.57 Å². The number of thioether (sulfide) groups is 1. The van der Waals surface area contributed by atoms with Crippen LogP contribution in [0.25, 0.3) is 0 Å². The average molecular weight is 222 g/mol. The number of rotatable bonds is 3. The molecule has 0 bridgehead atoms. The first-order valence-corrected chi connectivity index (χ1v) is 6.99. The van der Waals surface area contributed by atoms with Gasteiger partial charge in [0.05, 0.1) is 6.61 Å². The molecule has 1 unspecified atom stereocenters. The van der Waals surface area contributed by atoms with Crippen LogP contribution in [0.3, 0.4) is 0 Å². The third-order valence-corrected chi connectivity index (χ3v) is 4.88. The molecule has 0 aromatic rings. The van der Waals surface area contributed by atoms with Crippen molar-refractivity contribution in [3.05, 3.63) is 10.7 Å². The van der Waals surface area contributed by atoms with Crippen LogP contribution in [0.5, 0.6) is 0 Å². The molecule has 1 atom stereocenters. The third-order valence-electron chi connectivity index (χ3n) is 1.75. The van der Waals surface area contributed by atoms with Crippen LogP contribution in [0, 0.1) is 0 Å². The van der Waals surface area contributed by atoms with Crippen molar-refractivity contribution in [1.29, 1.82) is 0 Å². The van der Waals surface area contributed by atoms with Gasteiger partial charge in [-0.25, -0.2) is 0 Å². The van der Waals surface area contributed by atoms with Gasteiger partial charge in [0.1, 0.15) is 5.60 Å². The van der Waals surface area contributed by atoms with Gasteiger partial charge in [0.25, 0.3) is 0 Å². The molecule has 76 valence electrons. The minimum atomic E-state index is -2.95. The lowest BCUT2D eigenvalue weighted by Gasteiger charge is -2.21. The minimum absolute atomic E-state index is 0.408. The van der Waals surface area contributed by atoms with Crippen molar-refractivity contribution < 1.29 is 13.6 Å². The quantitative estimate of drug-likeness (QED) is 0.687. The van der Waals surface area contributed by atoms with Crippen LogP contribution in [0.4, 0.5) is 0 Å². The molecule has 0 aromatic heterocycles. The van der Waals surface area contributed by atoms with Crippen LogP contribution in [0.1, 0.15) is 20.8 Å². The molecule has 0 fully saturated rings. The first kappa shape index (κ1) is 11.3. The van der Waals surface area contributed by atoms with Crippen LogP contribution in [-0.2, 0) is 13.6 Å². The zero-order valence-electron chi connectivity index (χ0n) is 8.36. The van der Waals surface area contributed by atoms with Gasteiger partial charge in [-0.1, -0.05) is 0 Å². The Kier molecular flexibility index (Phi) is 3.29. The SMILES string of the molecule is CCOP1(=O)C=C(SC)C(C)(C)O1. The Labute approximate surface area is 83.4 Å². The zero-order chi connectivity index (χ0) is 10.1. The molecule has 0 spiro atoms. The molecule has 1 aliphatic rings. The van der Waals surface area contributed by atoms with E-state index >= 15 is 0 Å². The fraction of sp³-hybridized carbons (Fsp3) is 0.750. The summed E-state index contributed by atoms with van der Waals surface area (Å²) in [6.07, 6.45) is 1.94. The Balaban J connectivity index is 2.89. The molecular formula is C8H15O3PS. The summed E-state index contributed by atoms with van der Waals surface area (Å²) in [5.41, 5.74) is -0.468. The maximum absolute atomic E-state index is 11.9. The molecule has 3 nitrogen and oxygen atoms in total. The van der Waals surface area contributed by atoms with Crippen LogP contribution in [0.2, 0.25) is 0 Å². The second kappa shape index (κ2) is 3.77. The Hall–Kier alpha value is 0.240. The van der Waals surface area contributed by atoms with E-state index in [1.807, 2.05) is 20.1 Å². The van der Waals surface area contributed by atoms with Crippen LogP contribution < -0.4 is 0 Å². The lowest BCUT2D eigenvalue weighted by molar-refractivity contribution is 0.134. The fourth-order valence-electron chi connectivity index (χ4n) is 1.23. The maximum Gasteiger partial charge on any atom is 0.355 e.